The smallest absolute Gasteiger partial charge is 0.0209 e. The van der Waals surface area contributed by atoms with Gasteiger partial charge in [0.25, 0.3) is 0 Å². The number of rotatable bonds is 7. The molecule has 0 aromatic carbocycles. The molecular formula is C15H30NPS. The number of hydrogen-bond donors (Lipinski definition) is 2. The van der Waals surface area contributed by atoms with Gasteiger partial charge in [-0.1, -0.05) is 33.6 Å². The lowest BCUT2D eigenvalue weighted by atomic mass is 9.76. The van der Waals surface area contributed by atoms with Gasteiger partial charge in [0.05, 0.1) is 0 Å². The minimum atomic E-state index is 0.238. The molecule has 18 heavy (non-hydrogen) atoms. The van der Waals surface area contributed by atoms with Gasteiger partial charge in [-0.15, -0.1) is 9.24 Å². The SMILES string of the molecule is CCCC(C)(P)CC(S)(CCC)C12CNCC1C2. The fourth-order valence-electron chi connectivity index (χ4n) is 4.32. The van der Waals surface area contributed by atoms with Crippen LogP contribution in [0, 0.1) is 11.3 Å². The average molecular weight is 287 g/mol. The van der Waals surface area contributed by atoms with E-state index in [2.05, 4.69) is 35.3 Å². The molecule has 3 heteroatoms. The molecule has 2 rings (SSSR count). The molecule has 0 amide bonds. The van der Waals surface area contributed by atoms with E-state index in [0.717, 1.165) is 5.92 Å². The van der Waals surface area contributed by atoms with Crippen LogP contribution in [-0.4, -0.2) is 23.0 Å². The quantitative estimate of drug-likeness (QED) is 0.535. The molecule has 1 aliphatic heterocycles. The first kappa shape index (κ1) is 15.1. The minimum absolute atomic E-state index is 0.238. The highest BCUT2D eigenvalue weighted by Gasteiger charge is 2.66. The molecule has 2 aliphatic rings. The lowest BCUT2D eigenvalue weighted by Gasteiger charge is -2.42. The molecule has 0 radical (unpaired) electrons. The molecule has 5 atom stereocenters. The second-order valence-electron chi connectivity index (χ2n) is 7.05. The molecule has 1 nitrogen and oxygen atoms in total. The number of nitrogens with one attached hydrogen (secondary N) is 1. The molecule has 2 fully saturated rings. The molecule has 1 saturated heterocycles. The predicted molar refractivity (Wildman–Crippen MR) is 87.7 cm³/mol. The molecule has 0 aromatic heterocycles. The highest BCUT2D eigenvalue weighted by molar-refractivity contribution is 7.81. The van der Waals surface area contributed by atoms with E-state index in [1.165, 1.54) is 51.6 Å². The minimum Gasteiger partial charge on any atom is -0.316 e. The maximum absolute atomic E-state index is 5.25. The van der Waals surface area contributed by atoms with Crippen molar-refractivity contribution in [1.82, 2.24) is 5.32 Å². The Morgan fingerprint density at radius 3 is 2.44 bits per heavy atom. The highest BCUT2D eigenvalue weighted by atomic mass is 32.1. The standard InChI is InChI=1S/C15H30NPS/c1-4-6-13(3,17)10-15(18,7-5-2)14-8-12(14)9-16-11-14/h12,16,18H,4-11,17H2,1-3H3. The Bertz CT molecular complexity index is 307. The van der Waals surface area contributed by atoms with Gasteiger partial charge >= 0.3 is 0 Å². The van der Waals surface area contributed by atoms with Crippen LogP contribution in [0.5, 0.6) is 0 Å². The molecular weight excluding hydrogens is 257 g/mol. The molecule has 0 aromatic rings. The van der Waals surface area contributed by atoms with Gasteiger partial charge in [0.1, 0.15) is 0 Å². The van der Waals surface area contributed by atoms with Crippen LogP contribution >= 0.6 is 21.9 Å². The van der Waals surface area contributed by atoms with Gasteiger partial charge in [-0.25, -0.2) is 0 Å². The third kappa shape index (κ3) is 2.63. The first-order chi connectivity index (χ1) is 8.39. The van der Waals surface area contributed by atoms with Crippen LogP contribution in [0.4, 0.5) is 0 Å². The van der Waals surface area contributed by atoms with E-state index in [0.29, 0.717) is 10.6 Å². The number of hydrogen-bond acceptors (Lipinski definition) is 2. The fourth-order valence-corrected chi connectivity index (χ4v) is 6.07. The lowest BCUT2D eigenvalue weighted by Crippen LogP contribution is -2.42. The van der Waals surface area contributed by atoms with E-state index >= 15 is 0 Å². The molecule has 5 unspecified atom stereocenters. The molecule has 1 heterocycles. The second kappa shape index (κ2) is 5.26. The van der Waals surface area contributed by atoms with Crippen molar-refractivity contribution in [2.75, 3.05) is 13.1 Å². The van der Waals surface area contributed by atoms with Crippen molar-refractivity contribution in [2.24, 2.45) is 11.3 Å². The number of thiol groups is 1. The van der Waals surface area contributed by atoms with Crippen LogP contribution in [0.15, 0.2) is 0 Å². The van der Waals surface area contributed by atoms with E-state index in [-0.39, 0.29) is 4.75 Å². The summed E-state index contributed by atoms with van der Waals surface area (Å²) in [7, 11) is 3.12. The van der Waals surface area contributed by atoms with Crippen molar-refractivity contribution < 1.29 is 0 Å². The topological polar surface area (TPSA) is 12.0 Å². The van der Waals surface area contributed by atoms with Crippen LogP contribution in [0.25, 0.3) is 0 Å². The summed E-state index contributed by atoms with van der Waals surface area (Å²) in [6.07, 6.45) is 7.74. The zero-order valence-corrected chi connectivity index (χ0v) is 14.3. The Labute approximate surface area is 121 Å². The second-order valence-corrected chi connectivity index (χ2v) is 9.30. The van der Waals surface area contributed by atoms with E-state index in [4.69, 9.17) is 12.6 Å². The summed E-state index contributed by atoms with van der Waals surface area (Å²) in [5.41, 5.74) is 0.512. The molecule has 1 saturated carbocycles. The predicted octanol–water partition coefficient (Wildman–Crippen LogP) is 3.89. The van der Waals surface area contributed by atoms with Gasteiger partial charge in [0, 0.05) is 16.7 Å². The third-order valence-electron chi connectivity index (χ3n) is 5.17. The Hall–Kier alpha value is 0.740. The maximum Gasteiger partial charge on any atom is 0.0209 e. The van der Waals surface area contributed by atoms with Crippen LogP contribution in [0.3, 0.4) is 0 Å². The van der Waals surface area contributed by atoms with Crippen LogP contribution in [0.2, 0.25) is 0 Å². The summed E-state index contributed by atoms with van der Waals surface area (Å²) in [4.78, 5) is 0. The molecule has 106 valence electrons. The van der Waals surface area contributed by atoms with Crippen molar-refractivity contribution in [3.05, 3.63) is 0 Å². The Kier molecular flexibility index (Phi) is 4.42. The largest absolute Gasteiger partial charge is 0.316 e. The highest BCUT2D eigenvalue weighted by Crippen LogP contribution is 2.67. The zero-order valence-electron chi connectivity index (χ0n) is 12.3. The number of piperidine rings is 1. The normalized spacial score (nSPS) is 36.8. The molecule has 1 aliphatic carbocycles. The Morgan fingerprint density at radius 2 is 2.00 bits per heavy atom. The van der Waals surface area contributed by atoms with E-state index in [1.54, 1.807) is 0 Å². The van der Waals surface area contributed by atoms with Gasteiger partial charge < -0.3 is 5.32 Å². The first-order valence-electron chi connectivity index (χ1n) is 7.61. The van der Waals surface area contributed by atoms with Gasteiger partial charge in [-0.3, -0.25) is 0 Å². The van der Waals surface area contributed by atoms with Crippen molar-refractivity contribution in [2.45, 2.75) is 69.2 Å². The van der Waals surface area contributed by atoms with Gasteiger partial charge in [-0.2, -0.15) is 12.6 Å². The summed E-state index contributed by atoms with van der Waals surface area (Å²) in [5, 5.41) is 3.95. The maximum atomic E-state index is 5.25. The van der Waals surface area contributed by atoms with Crippen LogP contribution in [-0.2, 0) is 0 Å². The van der Waals surface area contributed by atoms with Crippen LogP contribution < -0.4 is 5.32 Å². The van der Waals surface area contributed by atoms with E-state index in [9.17, 15) is 0 Å². The molecule has 1 N–H and O–H groups in total. The first-order valence-corrected chi connectivity index (χ1v) is 8.63. The summed E-state index contributed by atoms with van der Waals surface area (Å²) >= 11 is 5.25. The van der Waals surface area contributed by atoms with E-state index in [1.807, 2.05) is 0 Å². The monoisotopic (exact) mass is 287 g/mol. The summed E-state index contributed by atoms with van der Waals surface area (Å²) in [6, 6.07) is 0. The molecule has 0 spiro atoms. The molecule has 0 bridgehead atoms. The van der Waals surface area contributed by atoms with Gasteiger partial charge in [0.2, 0.25) is 0 Å². The van der Waals surface area contributed by atoms with E-state index < -0.39 is 0 Å². The van der Waals surface area contributed by atoms with Crippen molar-refractivity contribution >= 4 is 21.9 Å². The summed E-state index contributed by atoms with van der Waals surface area (Å²) < 4.78 is 0.238. The lowest BCUT2D eigenvalue weighted by molar-refractivity contribution is 0.286. The Morgan fingerprint density at radius 1 is 1.33 bits per heavy atom. The Balaban J connectivity index is 2.12. The van der Waals surface area contributed by atoms with Gasteiger partial charge in [0.15, 0.2) is 0 Å². The fraction of sp³-hybridized carbons (Fsp3) is 1.00. The summed E-state index contributed by atoms with van der Waals surface area (Å²) in [6.45, 7) is 9.43. The third-order valence-corrected chi connectivity index (χ3v) is 6.49. The van der Waals surface area contributed by atoms with Crippen molar-refractivity contribution in [3.8, 4) is 0 Å². The van der Waals surface area contributed by atoms with Gasteiger partial charge in [-0.05, 0) is 43.3 Å². The summed E-state index contributed by atoms with van der Waals surface area (Å²) in [5.74, 6) is 0.906. The zero-order chi connectivity index (χ0) is 13.4. The van der Waals surface area contributed by atoms with Crippen molar-refractivity contribution in [3.63, 3.8) is 0 Å². The number of fused-ring (bicyclic) bond motifs is 1. The van der Waals surface area contributed by atoms with Crippen LogP contribution in [0.1, 0.15) is 59.3 Å². The average Bonchev–Trinajstić information content (AvgIpc) is 2.82. The van der Waals surface area contributed by atoms with Crippen molar-refractivity contribution in [1.29, 1.82) is 0 Å².